The Morgan fingerprint density at radius 1 is 1.07 bits per heavy atom. The molecule has 0 aliphatic heterocycles. The maximum absolute atomic E-state index is 12.6. The number of amides is 1. The smallest absolute Gasteiger partial charge is 0.261 e. The molecule has 6 nitrogen and oxygen atoms in total. The first-order chi connectivity index (χ1) is 13.2. The largest absolute Gasteiger partial charge is 0.379 e. The number of aryl methyl sites for hydroxylation is 1. The molecule has 1 amide bonds. The molecule has 0 fully saturated rings. The van der Waals surface area contributed by atoms with E-state index < -0.39 is 10.0 Å². The Kier molecular flexibility index (Phi) is 7.60. The van der Waals surface area contributed by atoms with E-state index in [-0.39, 0.29) is 16.9 Å². The number of sulfonamides is 1. The summed E-state index contributed by atoms with van der Waals surface area (Å²) >= 11 is 0. The number of carbonyl (C=O) groups is 1. The van der Waals surface area contributed by atoms with Gasteiger partial charge in [-0.2, -0.15) is 0 Å². The van der Waals surface area contributed by atoms with E-state index >= 15 is 0 Å². The summed E-state index contributed by atoms with van der Waals surface area (Å²) in [6.07, 6.45) is 0.887. The van der Waals surface area contributed by atoms with Crippen LogP contribution in [0.15, 0.2) is 47.4 Å². The summed E-state index contributed by atoms with van der Waals surface area (Å²) in [6, 6.07) is 11.4. The fourth-order valence-electron chi connectivity index (χ4n) is 2.55. The predicted octanol–water partition coefficient (Wildman–Crippen LogP) is 3.65. The van der Waals surface area contributed by atoms with Gasteiger partial charge < -0.3 is 10.1 Å². The highest BCUT2D eigenvalue weighted by atomic mass is 32.2. The molecule has 0 heterocycles. The Balaban J connectivity index is 1.99. The van der Waals surface area contributed by atoms with Crippen molar-refractivity contribution in [3.05, 3.63) is 59.2 Å². The Morgan fingerprint density at radius 3 is 2.39 bits per heavy atom. The predicted molar refractivity (Wildman–Crippen MR) is 111 cm³/mol. The molecule has 0 saturated heterocycles. The van der Waals surface area contributed by atoms with Crippen LogP contribution in [-0.2, 0) is 14.8 Å². The average Bonchev–Trinajstić information content (AvgIpc) is 2.65. The van der Waals surface area contributed by atoms with Crippen LogP contribution >= 0.6 is 0 Å². The van der Waals surface area contributed by atoms with Crippen molar-refractivity contribution in [3.8, 4) is 0 Å². The summed E-state index contributed by atoms with van der Waals surface area (Å²) in [6.45, 7) is 8.80. The quantitative estimate of drug-likeness (QED) is 0.625. The molecule has 0 unspecified atom stereocenters. The second-order valence-electron chi connectivity index (χ2n) is 6.91. The van der Waals surface area contributed by atoms with Crippen molar-refractivity contribution in [2.75, 3.05) is 17.9 Å². The minimum atomic E-state index is -3.73. The molecular formula is C21H28N2O4S. The molecule has 2 aromatic carbocycles. The van der Waals surface area contributed by atoms with Gasteiger partial charge in [0.1, 0.15) is 0 Å². The van der Waals surface area contributed by atoms with Crippen LogP contribution < -0.4 is 10.0 Å². The number of carbonyl (C=O) groups excluding carboxylic acids is 1. The summed E-state index contributed by atoms with van der Waals surface area (Å²) in [7, 11) is -3.73. The number of ether oxygens (including phenoxy) is 1. The van der Waals surface area contributed by atoms with Gasteiger partial charge in [0, 0.05) is 18.7 Å². The molecule has 0 atom stereocenters. The number of benzene rings is 2. The lowest BCUT2D eigenvalue weighted by Gasteiger charge is -2.12. The van der Waals surface area contributed by atoms with Gasteiger partial charge in [-0.05, 0) is 75.6 Å². The lowest BCUT2D eigenvalue weighted by Crippen LogP contribution is -2.25. The van der Waals surface area contributed by atoms with E-state index in [0.717, 1.165) is 17.5 Å². The molecule has 2 aromatic rings. The Labute approximate surface area is 167 Å². The monoisotopic (exact) mass is 404 g/mol. The molecule has 0 radical (unpaired) electrons. The van der Waals surface area contributed by atoms with Crippen LogP contribution in [0.5, 0.6) is 0 Å². The van der Waals surface area contributed by atoms with Gasteiger partial charge in [-0.25, -0.2) is 8.42 Å². The van der Waals surface area contributed by atoms with E-state index in [1.165, 1.54) is 24.3 Å². The van der Waals surface area contributed by atoms with Gasteiger partial charge in [0.25, 0.3) is 15.9 Å². The zero-order valence-electron chi connectivity index (χ0n) is 16.8. The van der Waals surface area contributed by atoms with Crippen LogP contribution in [0.2, 0.25) is 0 Å². The van der Waals surface area contributed by atoms with Crippen LogP contribution in [-0.4, -0.2) is 33.6 Å². The molecule has 0 aliphatic rings. The number of nitrogens with one attached hydrogen (secondary N) is 2. The highest BCUT2D eigenvalue weighted by Gasteiger charge is 2.16. The molecule has 0 aliphatic carbocycles. The first kappa shape index (κ1) is 21.9. The van der Waals surface area contributed by atoms with Crippen LogP contribution in [0.4, 0.5) is 5.69 Å². The summed E-state index contributed by atoms with van der Waals surface area (Å²) < 4.78 is 33.3. The van der Waals surface area contributed by atoms with E-state index in [1.807, 2.05) is 33.8 Å². The lowest BCUT2D eigenvalue weighted by atomic mass is 10.1. The van der Waals surface area contributed by atoms with Gasteiger partial charge in [-0.3, -0.25) is 9.52 Å². The van der Waals surface area contributed by atoms with Crippen molar-refractivity contribution in [1.82, 2.24) is 5.32 Å². The van der Waals surface area contributed by atoms with Crippen molar-refractivity contribution in [1.29, 1.82) is 0 Å². The molecule has 152 valence electrons. The van der Waals surface area contributed by atoms with Crippen molar-refractivity contribution in [2.24, 2.45) is 0 Å². The van der Waals surface area contributed by atoms with Gasteiger partial charge in [-0.15, -0.1) is 0 Å². The van der Waals surface area contributed by atoms with Gasteiger partial charge >= 0.3 is 0 Å². The van der Waals surface area contributed by atoms with Crippen LogP contribution in [0, 0.1) is 13.8 Å². The molecule has 28 heavy (non-hydrogen) atoms. The van der Waals surface area contributed by atoms with Crippen molar-refractivity contribution in [2.45, 2.75) is 45.1 Å². The van der Waals surface area contributed by atoms with Gasteiger partial charge in [-0.1, -0.05) is 12.1 Å². The Hall–Kier alpha value is -2.38. The molecule has 2 rings (SSSR count). The van der Waals surface area contributed by atoms with Gasteiger partial charge in [0.05, 0.1) is 16.7 Å². The van der Waals surface area contributed by atoms with Crippen molar-refractivity contribution < 1.29 is 17.9 Å². The highest BCUT2D eigenvalue weighted by Crippen LogP contribution is 2.22. The Morgan fingerprint density at radius 2 is 1.75 bits per heavy atom. The molecule has 0 bridgehead atoms. The SMILES string of the molecule is Cc1cccc(NS(=O)(=O)c2ccc(C(=O)NCCCOC(C)C)cc2)c1C. The summed E-state index contributed by atoms with van der Waals surface area (Å²) in [5.41, 5.74) is 2.84. The van der Waals surface area contributed by atoms with E-state index in [1.54, 1.807) is 12.1 Å². The molecule has 0 spiro atoms. The van der Waals surface area contributed by atoms with Crippen LogP contribution in [0.1, 0.15) is 41.8 Å². The summed E-state index contributed by atoms with van der Waals surface area (Å²) in [5, 5.41) is 2.80. The third-order valence-corrected chi connectivity index (χ3v) is 5.72. The number of hydrogen-bond acceptors (Lipinski definition) is 4. The maximum Gasteiger partial charge on any atom is 0.261 e. The zero-order valence-corrected chi connectivity index (χ0v) is 17.6. The molecule has 2 N–H and O–H groups in total. The highest BCUT2D eigenvalue weighted by molar-refractivity contribution is 7.92. The third kappa shape index (κ3) is 6.07. The average molecular weight is 405 g/mol. The first-order valence-electron chi connectivity index (χ1n) is 9.29. The minimum Gasteiger partial charge on any atom is -0.379 e. The zero-order chi connectivity index (χ0) is 20.7. The normalized spacial score (nSPS) is 11.5. The summed E-state index contributed by atoms with van der Waals surface area (Å²) in [4.78, 5) is 12.3. The topological polar surface area (TPSA) is 84.5 Å². The summed E-state index contributed by atoms with van der Waals surface area (Å²) in [5.74, 6) is -0.240. The molecule has 0 saturated carbocycles. The van der Waals surface area contributed by atoms with Crippen LogP contribution in [0.3, 0.4) is 0 Å². The second kappa shape index (κ2) is 9.71. The van der Waals surface area contributed by atoms with E-state index in [4.69, 9.17) is 4.74 Å². The van der Waals surface area contributed by atoms with E-state index in [9.17, 15) is 13.2 Å². The van der Waals surface area contributed by atoms with Crippen molar-refractivity contribution >= 4 is 21.6 Å². The van der Waals surface area contributed by atoms with Crippen LogP contribution in [0.25, 0.3) is 0 Å². The van der Waals surface area contributed by atoms with Gasteiger partial charge in [0.15, 0.2) is 0 Å². The molecule has 7 heteroatoms. The maximum atomic E-state index is 12.6. The number of anilines is 1. The standard InChI is InChI=1S/C21H28N2O4S/c1-15(2)27-14-6-13-22-21(24)18-9-11-19(12-10-18)28(25,26)23-20-8-5-7-16(3)17(20)4/h5,7-12,15,23H,6,13-14H2,1-4H3,(H,22,24). The molecule has 0 aromatic heterocycles. The van der Waals surface area contributed by atoms with E-state index in [2.05, 4.69) is 10.0 Å². The van der Waals surface area contributed by atoms with Crippen molar-refractivity contribution in [3.63, 3.8) is 0 Å². The second-order valence-corrected chi connectivity index (χ2v) is 8.59. The number of hydrogen-bond donors (Lipinski definition) is 2. The first-order valence-corrected chi connectivity index (χ1v) is 10.8. The fourth-order valence-corrected chi connectivity index (χ4v) is 3.67. The molecular weight excluding hydrogens is 376 g/mol. The number of rotatable bonds is 9. The van der Waals surface area contributed by atoms with Gasteiger partial charge in [0.2, 0.25) is 0 Å². The third-order valence-electron chi connectivity index (χ3n) is 4.33. The van der Waals surface area contributed by atoms with E-state index in [0.29, 0.717) is 24.4 Å². The Bertz CT molecular complexity index is 907. The lowest BCUT2D eigenvalue weighted by molar-refractivity contribution is 0.0757. The fraction of sp³-hybridized carbons (Fsp3) is 0.381. The minimum absolute atomic E-state index is 0.107.